The molecule has 0 aromatic carbocycles. The van der Waals surface area contributed by atoms with E-state index in [-0.39, 0.29) is 12.6 Å². The Kier molecular flexibility index (Phi) is 3.26. The van der Waals surface area contributed by atoms with Crippen LogP contribution in [0.5, 0.6) is 0 Å². The van der Waals surface area contributed by atoms with Gasteiger partial charge in [-0.15, -0.1) is 0 Å². The zero-order valence-corrected chi connectivity index (χ0v) is 9.13. The lowest BCUT2D eigenvalue weighted by atomic mass is 10.1. The summed E-state index contributed by atoms with van der Waals surface area (Å²) in [5.41, 5.74) is 0.994. The molecule has 0 aliphatic carbocycles. The molecule has 0 amide bonds. The van der Waals surface area contributed by atoms with Gasteiger partial charge in [-0.2, -0.15) is 0 Å². The molecule has 1 saturated heterocycles. The van der Waals surface area contributed by atoms with Gasteiger partial charge < -0.3 is 14.3 Å². The topological polar surface area (TPSA) is 62.9 Å². The fourth-order valence-corrected chi connectivity index (χ4v) is 2.00. The number of rotatable bonds is 3. The minimum Gasteiger partial charge on any atom is -0.480 e. The molecule has 16 heavy (non-hydrogen) atoms. The standard InChI is InChI=1S/C11H15NO4/c1-8(9-2-4-15-6-9)12-3-5-16-7-10(12)11(13)14/h2,4,6,8,10H,3,5,7H2,1H3,(H,13,14). The average Bonchev–Trinajstić information content (AvgIpc) is 2.81. The third kappa shape index (κ3) is 2.10. The van der Waals surface area contributed by atoms with Gasteiger partial charge >= 0.3 is 5.97 Å². The van der Waals surface area contributed by atoms with Gasteiger partial charge in [0.25, 0.3) is 0 Å². The van der Waals surface area contributed by atoms with Crippen molar-refractivity contribution in [3.63, 3.8) is 0 Å². The Balaban J connectivity index is 2.14. The second-order valence-electron chi connectivity index (χ2n) is 3.90. The number of morpholine rings is 1. The third-order valence-electron chi connectivity index (χ3n) is 2.98. The molecule has 1 aliphatic heterocycles. The van der Waals surface area contributed by atoms with E-state index in [1.165, 1.54) is 0 Å². The molecule has 1 aliphatic rings. The molecule has 5 heteroatoms. The van der Waals surface area contributed by atoms with Gasteiger partial charge in [0, 0.05) is 18.2 Å². The summed E-state index contributed by atoms with van der Waals surface area (Å²) in [5.74, 6) is -0.838. The quantitative estimate of drug-likeness (QED) is 0.835. The minimum atomic E-state index is -0.838. The Morgan fingerprint density at radius 3 is 3.12 bits per heavy atom. The molecule has 0 radical (unpaired) electrons. The first kappa shape index (κ1) is 11.2. The number of carbonyl (C=O) groups is 1. The Bertz CT molecular complexity index is 349. The van der Waals surface area contributed by atoms with E-state index in [0.717, 1.165) is 5.56 Å². The van der Waals surface area contributed by atoms with Crippen molar-refractivity contribution in [3.05, 3.63) is 24.2 Å². The summed E-state index contributed by atoms with van der Waals surface area (Å²) in [7, 11) is 0. The van der Waals surface area contributed by atoms with Crippen molar-refractivity contribution in [1.82, 2.24) is 4.90 Å². The first-order valence-electron chi connectivity index (χ1n) is 5.28. The van der Waals surface area contributed by atoms with E-state index < -0.39 is 12.0 Å². The molecule has 0 saturated carbocycles. The van der Waals surface area contributed by atoms with Crippen molar-refractivity contribution in [3.8, 4) is 0 Å². The fourth-order valence-electron chi connectivity index (χ4n) is 2.00. The van der Waals surface area contributed by atoms with Crippen LogP contribution in [0.4, 0.5) is 0 Å². The predicted molar refractivity (Wildman–Crippen MR) is 56.1 cm³/mol. The van der Waals surface area contributed by atoms with E-state index in [1.54, 1.807) is 12.5 Å². The molecule has 5 nitrogen and oxygen atoms in total. The summed E-state index contributed by atoms with van der Waals surface area (Å²) in [6.45, 7) is 3.43. The Morgan fingerprint density at radius 2 is 2.50 bits per heavy atom. The molecule has 0 bridgehead atoms. The minimum absolute atomic E-state index is 0.0312. The van der Waals surface area contributed by atoms with Gasteiger partial charge in [0.2, 0.25) is 0 Å². The Morgan fingerprint density at radius 1 is 1.69 bits per heavy atom. The number of hydrogen-bond donors (Lipinski definition) is 1. The van der Waals surface area contributed by atoms with Crippen molar-refractivity contribution < 1.29 is 19.1 Å². The van der Waals surface area contributed by atoms with Gasteiger partial charge in [-0.25, -0.2) is 0 Å². The number of hydrogen-bond acceptors (Lipinski definition) is 4. The SMILES string of the molecule is CC(c1ccoc1)N1CCOCC1C(=O)O. The van der Waals surface area contributed by atoms with Crippen LogP contribution < -0.4 is 0 Å². The second kappa shape index (κ2) is 4.67. The lowest BCUT2D eigenvalue weighted by molar-refractivity contribution is -0.151. The van der Waals surface area contributed by atoms with E-state index in [9.17, 15) is 4.79 Å². The molecule has 1 aromatic heterocycles. The van der Waals surface area contributed by atoms with E-state index in [1.807, 2.05) is 17.9 Å². The number of carboxylic acid groups (broad SMARTS) is 1. The molecule has 2 rings (SSSR count). The van der Waals surface area contributed by atoms with E-state index in [2.05, 4.69) is 0 Å². The van der Waals surface area contributed by atoms with Crippen molar-refractivity contribution in [2.45, 2.75) is 19.0 Å². The van der Waals surface area contributed by atoms with Crippen LogP contribution in [0.1, 0.15) is 18.5 Å². The van der Waals surface area contributed by atoms with Gasteiger partial charge in [0.05, 0.1) is 25.7 Å². The highest BCUT2D eigenvalue weighted by Gasteiger charge is 2.33. The van der Waals surface area contributed by atoms with Gasteiger partial charge in [-0.05, 0) is 13.0 Å². The van der Waals surface area contributed by atoms with Crippen LogP contribution in [0.25, 0.3) is 0 Å². The maximum Gasteiger partial charge on any atom is 0.323 e. The van der Waals surface area contributed by atoms with Crippen molar-refractivity contribution in [1.29, 1.82) is 0 Å². The fraction of sp³-hybridized carbons (Fsp3) is 0.545. The molecule has 2 atom stereocenters. The van der Waals surface area contributed by atoms with Gasteiger partial charge in [0.1, 0.15) is 6.04 Å². The number of carboxylic acids is 1. The van der Waals surface area contributed by atoms with Gasteiger partial charge in [-0.1, -0.05) is 0 Å². The first-order chi connectivity index (χ1) is 7.70. The van der Waals surface area contributed by atoms with E-state index >= 15 is 0 Å². The highest BCUT2D eigenvalue weighted by atomic mass is 16.5. The van der Waals surface area contributed by atoms with Crippen molar-refractivity contribution >= 4 is 5.97 Å². The third-order valence-corrected chi connectivity index (χ3v) is 2.98. The van der Waals surface area contributed by atoms with E-state index in [0.29, 0.717) is 13.2 Å². The summed E-state index contributed by atoms with van der Waals surface area (Å²) in [6, 6.07) is 1.32. The zero-order valence-electron chi connectivity index (χ0n) is 9.13. The molecule has 1 aromatic rings. The average molecular weight is 225 g/mol. The Labute approximate surface area is 93.6 Å². The predicted octanol–water partition coefficient (Wildman–Crippen LogP) is 1.13. The summed E-state index contributed by atoms with van der Waals surface area (Å²) < 4.78 is 10.2. The summed E-state index contributed by atoms with van der Waals surface area (Å²) >= 11 is 0. The van der Waals surface area contributed by atoms with Crippen LogP contribution in [0, 0.1) is 0 Å². The van der Waals surface area contributed by atoms with Crippen LogP contribution >= 0.6 is 0 Å². The van der Waals surface area contributed by atoms with Crippen LogP contribution in [-0.2, 0) is 9.53 Å². The molecule has 0 spiro atoms. The normalized spacial score (nSPS) is 24.2. The van der Waals surface area contributed by atoms with Gasteiger partial charge in [0.15, 0.2) is 0 Å². The highest BCUT2D eigenvalue weighted by molar-refractivity contribution is 5.73. The Hall–Kier alpha value is -1.33. The molecule has 2 heterocycles. The molecule has 1 fully saturated rings. The molecule has 1 N–H and O–H groups in total. The number of nitrogens with zero attached hydrogens (tertiary/aromatic N) is 1. The summed E-state index contributed by atoms with van der Waals surface area (Å²) in [6.07, 6.45) is 3.25. The number of ether oxygens (including phenoxy) is 1. The van der Waals surface area contributed by atoms with Crippen LogP contribution in [0.3, 0.4) is 0 Å². The lowest BCUT2D eigenvalue weighted by Crippen LogP contribution is -2.50. The molecular weight excluding hydrogens is 210 g/mol. The van der Waals surface area contributed by atoms with E-state index in [4.69, 9.17) is 14.3 Å². The lowest BCUT2D eigenvalue weighted by Gasteiger charge is -2.36. The highest BCUT2D eigenvalue weighted by Crippen LogP contribution is 2.24. The summed E-state index contributed by atoms with van der Waals surface area (Å²) in [4.78, 5) is 13.0. The van der Waals surface area contributed by atoms with Crippen LogP contribution in [0.15, 0.2) is 23.0 Å². The number of furan rings is 1. The zero-order chi connectivity index (χ0) is 11.5. The largest absolute Gasteiger partial charge is 0.480 e. The number of aliphatic carboxylic acids is 1. The monoisotopic (exact) mass is 225 g/mol. The molecular formula is C11H15NO4. The smallest absolute Gasteiger partial charge is 0.323 e. The van der Waals surface area contributed by atoms with Crippen LogP contribution in [-0.4, -0.2) is 41.8 Å². The first-order valence-corrected chi connectivity index (χ1v) is 5.28. The maximum atomic E-state index is 11.1. The van der Waals surface area contributed by atoms with Crippen molar-refractivity contribution in [2.24, 2.45) is 0 Å². The summed E-state index contributed by atoms with van der Waals surface area (Å²) in [5, 5.41) is 9.11. The van der Waals surface area contributed by atoms with Crippen molar-refractivity contribution in [2.75, 3.05) is 19.8 Å². The molecule has 88 valence electrons. The second-order valence-corrected chi connectivity index (χ2v) is 3.90. The van der Waals surface area contributed by atoms with Gasteiger partial charge in [-0.3, -0.25) is 9.69 Å². The maximum absolute atomic E-state index is 11.1. The van der Waals surface area contributed by atoms with Crippen LogP contribution in [0.2, 0.25) is 0 Å². The molecule has 2 unspecified atom stereocenters.